The highest BCUT2D eigenvalue weighted by molar-refractivity contribution is 9.10. The quantitative estimate of drug-likeness (QED) is 0.604. The highest BCUT2D eigenvalue weighted by Crippen LogP contribution is 2.19. The molecule has 0 saturated heterocycles. The van der Waals surface area contributed by atoms with Crippen molar-refractivity contribution in [3.05, 3.63) is 75.6 Å². The topological polar surface area (TPSA) is 37.6 Å². The van der Waals surface area contributed by atoms with Crippen molar-refractivity contribution in [2.24, 2.45) is 0 Å². The Bertz CT molecular complexity index is 902. The lowest BCUT2D eigenvalue weighted by atomic mass is 10.2. The van der Waals surface area contributed by atoms with E-state index in [4.69, 9.17) is 11.6 Å². The molecule has 0 spiro atoms. The van der Waals surface area contributed by atoms with Gasteiger partial charge in [-0.2, -0.15) is 0 Å². The Kier molecular flexibility index (Phi) is 5.02. The number of nitrogens with zero attached hydrogens (tertiary/aromatic N) is 3. The Balaban J connectivity index is 1.74. The first-order valence-electron chi connectivity index (χ1n) is 7.35. The molecule has 0 radical (unpaired) electrons. The fourth-order valence-corrected chi connectivity index (χ4v) is 2.86. The predicted molar refractivity (Wildman–Crippen MR) is 99.9 cm³/mol. The van der Waals surface area contributed by atoms with Crippen LogP contribution in [0.1, 0.15) is 11.3 Å². The van der Waals surface area contributed by atoms with Gasteiger partial charge in [-0.1, -0.05) is 45.7 Å². The Morgan fingerprint density at radius 1 is 1.29 bits per heavy atom. The van der Waals surface area contributed by atoms with Gasteiger partial charge in [0.15, 0.2) is 5.15 Å². The van der Waals surface area contributed by atoms with Crippen LogP contribution in [0.2, 0.25) is 5.15 Å². The molecule has 0 bridgehead atoms. The number of aromatic nitrogens is 2. The summed E-state index contributed by atoms with van der Waals surface area (Å²) in [5, 5.41) is 0.376. The maximum Gasteiger partial charge on any atom is 0.246 e. The summed E-state index contributed by atoms with van der Waals surface area (Å²) < 4.78 is 2.86. The summed E-state index contributed by atoms with van der Waals surface area (Å²) in [7, 11) is 1.77. The summed E-state index contributed by atoms with van der Waals surface area (Å²) in [5.74, 6) is -0.0973. The van der Waals surface area contributed by atoms with Gasteiger partial charge in [-0.3, -0.25) is 9.20 Å². The molecule has 0 aliphatic heterocycles. The maximum absolute atomic E-state index is 12.3. The maximum atomic E-state index is 12.3. The van der Waals surface area contributed by atoms with Crippen LogP contribution in [0.4, 0.5) is 0 Å². The molecule has 1 aromatic carbocycles. The Hall–Kier alpha value is -2.11. The minimum Gasteiger partial charge on any atom is -0.338 e. The number of fused-ring (bicyclic) bond motifs is 1. The van der Waals surface area contributed by atoms with E-state index in [1.807, 2.05) is 53.1 Å². The van der Waals surface area contributed by atoms with Crippen LogP contribution in [0.5, 0.6) is 0 Å². The number of amides is 1. The van der Waals surface area contributed by atoms with E-state index in [2.05, 4.69) is 20.9 Å². The van der Waals surface area contributed by atoms with Gasteiger partial charge in [0.05, 0.1) is 5.69 Å². The number of hydrogen-bond donors (Lipinski definition) is 0. The SMILES string of the molecule is CN(Cc1ccc(Br)cc1)C(=O)/C=C/c1c(Cl)nc2ccccn12. The zero-order valence-electron chi connectivity index (χ0n) is 13.0. The van der Waals surface area contributed by atoms with E-state index in [0.717, 1.165) is 15.7 Å². The predicted octanol–water partition coefficient (Wildman–Crippen LogP) is 4.42. The first-order chi connectivity index (χ1) is 11.5. The van der Waals surface area contributed by atoms with Crippen molar-refractivity contribution in [3.63, 3.8) is 0 Å². The number of pyridine rings is 1. The van der Waals surface area contributed by atoms with E-state index in [0.29, 0.717) is 17.4 Å². The number of carbonyl (C=O) groups excluding carboxylic acids is 1. The fraction of sp³-hybridized carbons (Fsp3) is 0.111. The van der Waals surface area contributed by atoms with E-state index in [1.165, 1.54) is 6.08 Å². The number of carbonyl (C=O) groups is 1. The molecule has 0 fully saturated rings. The molecule has 3 aromatic rings. The molecule has 6 heteroatoms. The van der Waals surface area contributed by atoms with Gasteiger partial charge in [-0.15, -0.1) is 0 Å². The van der Waals surface area contributed by atoms with Gasteiger partial charge < -0.3 is 4.90 Å². The highest BCUT2D eigenvalue weighted by Gasteiger charge is 2.09. The van der Waals surface area contributed by atoms with Crippen LogP contribution in [0.3, 0.4) is 0 Å². The van der Waals surface area contributed by atoms with Crippen molar-refractivity contribution in [1.29, 1.82) is 0 Å². The van der Waals surface area contributed by atoms with Gasteiger partial charge in [0.1, 0.15) is 5.65 Å². The monoisotopic (exact) mass is 403 g/mol. The van der Waals surface area contributed by atoms with Gasteiger partial charge in [-0.25, -0.2) is 4.98 Å². The average molecular weight is 405 g/mol. The van der Waals surface area contributed by atoms with E-state index in [1.54, 1.807) is 18.0 Å². The lowest BCUT2D eigenvalue weighted by Crippen LogP contribution is -2.24. The lowest BCUT2D eigenvalue weighted by molar-refractivity contribution is -0.125. The second-order valence-corrected chi connectivity index (χ2v) is 6.64. The van der Waals surface area contributed by atoms with E-state index < -0.39 is 0 Å². The molecular weight excluding hydrogens is 390 g/mol. The summed E-state index contributed by atoms with van der Waals surface area (Å²) >= 11 is 9.56. The Morgan fingerprint density at radius 2 is 2.04 bits per heavy atom. The van der Waals surface area contributed by atoms with Crippen molar-refractivity contribution >= 4 is 45.2 Å². The highest BCUT2D eigenvalue weighted by atomic mass is 79.9. The summed E-state index contributed by atoms with van der Waals surface area (Å²) in [5.41, 5.74) is 2.51. The van der Waals surface area contributed by atoms with Crippen LogP contribution in [-0.4, -0.2) is 27.2 Å². The van der Waals surface area contributed by atoms with Gasteiger partial charge in [0.2, 0.25) is 5.91 Å². The molecule has 0 saturated carbocycles. The van der Waals surface area contributed by atoms with Crippen LogP contribution in [-0.2, 0) is 11.3 Å². The molecule has 2 aromatic heterocycles. The number of hydrogen-bond acceptors (Lipinski definition) is 2. The lowest BCUT2D eigenvalue weighted by Gasteiger charge is -2.15. The minimum absolute atomic E-state index is 0.0973. The number of rotatable bonds is 4. The molecular formula is C18H15BrClN3O. The van der Waals surface area contributed by atoms with Gasteiger partial charge in [0.25, 0.3) is 0 Å². The third kappa shape index (κ3) is 3.68. The molecule has 0 N–H and O–H groups in total. The molecule has 2 heterocycles. The third-order valence-electron chi connectivity index (χ3n) is 3.61. The summed E-state index contributed by atoms with van der Waals surface area (Å²) in [6.45, 7) is 0.539. The van der Waals surface area contributed by atoms with E-state index >= 15 is 0 Å². The number of imidazole rings is 1. The van der Waals surface area contributed by atoms with Crippen molar-refractivity contribution in [2.45, 2.75) is 6.54 Å². The Morgan fingerprint density at radius 3 is 2.79 bits per heavy atom. The van der Waals surface area contributed by atoms with Crippen molar-refractivity contribution < 1.29 is 4.79 Å². The van der Waals surface area contributed by atoms with Crippen molar-refractivity contribution in [2.75, 3.05) is 7.05 Å². The molecule has 122 valence electrons. The van der Waals surface area contributed by atoms with Crippen molar-refractivity contribution in [3.8, 4) is 0 Å². The standard InChI is InChI=1S/C18H15BrClN3O/c1-22(12-13-5-7-14(19)8-6-13)17(24)10-9-15-18(20)21-16-4-2-3-11-23(15)16/h2-11H,12H2,1H3/b10-9+. The smallest absolute Gasteiger partial charge is 0.246 e. The number of halogens is 2. The molecule has 24 heavy (non-hydrogen) atoms. The third-order valence-corrected chi connectivity index (χ3v) is 4.42. The summed E-state index contributed by atoms with van der Waals surface area (Å²) in [4.78, 5) is 18.2. The van der Waals surface area contributed by atoms with Crippen LogP contribution in [0.15, 0.2) is 59.2 Å². The minimum atomic E-state index is -0.0973. The van der Waals surface area contributed by atoms with Crippen LogP contribution in [0.25, 0.3) is 11.7 Å². The molecule has 0 unspecified atom stereocenters. The van der Waals surface area contributed by atoms with Gasteiger partial charge >= 0.3 is 0 Å². The first-order valence-corrected chi connectivity index (χ1v) is 8.52. The molecule has 0 atom stereocenters. The zero-order chi connectivity index (χ0) is 17.1. The second kappa shape index (κ2) is 7.20. The van der Waals surface area contributed by atoms with Gasteiger partial charge in [0, 0.05) is 30.3 Å². The normalized spacial score (nSPS) is 11.3. The Labute approximate surface area is 153 Å². The van der Waals surface area contributed by atoms with E-state index in [9.17, 15) is 4.79 Å². The van der Waals surface area contributed by atoms with Gasteiger partial charge in [-0.05, 0) is 35.9 Å². The van der Waals surface area contributed by atoms with Crippen LogP contribution in [0, 0.1) is 0 Å². The summed E-state index contributed by atoms with van der Waals surface area (Å²) in [6.07, 6.45) is 5.08. The first kappa shape index (κ1) is 16.7. The van der Waals surface area contributed by atoms with Crippen LogP contribution >= 0.6 is 27.5 Å². The molecule has 0 aliphatic rings. The summed E-state index contributed by atoms with van der Waals surface area (Å²) in [6, 6.07) is 13.5. The van der Waals surface area contributed by atoms with E-state index in [-0.39, 0.29) is 5.91 Å². The molecule has 3 rings (SSSR count). The fourth-order valence-electron chi connectivity index (χ4n) is 2.35. The number of benzene rings is 1. The largest absolute Gasteiger partial charge is 0.338 e. The molecule has 0 aliphatic carbocycles. The van der Waals surface area contributed by atoms with Crippen LogP contribution < -0.4 is 0 Å². The zero-order valence-corrected chi connectivity index (χ0v) is 15.3. The number of likely N-dealkylation sites (N-methyl/N-ethyl adjacent to an activating group) is 1. The second-order valence-electron chi connectivity index (χ2n) is 5.37. The molecule has 1 amide bonds. The average Bonchev–Trinajstić information content (AvgIpc) is 2.90. The van der Waals surface area contributed by atoms with Crippen molar-refractivity contribution in [1.82, 2.24) is 14.3 Å². The molecule has 4 nitrogen and oxygen atoms in total.